The number of benzene rings is 2. The van der Waals surface area contributed by atoms with Gasteiger partial charge in [-0.25, -0.2) is 16.8 Å². The zero-order chi connectivity index (χ0) is 23.6. The first-order valence-corrected chi connectivity index (χ1v) is 13.8. The Morgan fingerprint density at radius 2 is 1.53 bits per heavy atom. The van der Waals surface area contributed by atoms with Crippen LogP contribution in [0, 0.1) is 18.8 Å². The fourth-order valence-corrected chi connectivity index (χ4v) is 7.15. The van der Waals surface area contributed by atoms with Crippen molar-refractivity contribution in [1.29, 1.82) is 0 Å². The molecule has 0 aliphatic carbocycles. The summed E-state index contributed by atoms with van der Waals surface area (Å²) in [6, 6.07) is 12.3. The smallest absolute Gasteiger partial charge is 0.285 e. The van der Waals surface area contributed by atoms with E-state index < -0.39 is 34.9 Å². The third kappa shape index (κ3) is 4.90. The predicted octanol–water partition coefficient (Wildman–Crippen LogP) is 3.07. The molecule has 0 aromatic heterocycles. The molecule has 0 saturated carbocycles. The summed E-state index contributed by atoms with van der Waals surface area (Å²) in [5, 5.41) is 1.41. The minimum absolute atomic E-state index is 0.0162. The van der Waals surface area contributed by atoms with Crippen molar-refractivity contribution < 1.29 is 26.4 Å². The minimum atomic E-state index is -4.13. The molecule has 1 N–H and O–H groups in total. The van der Waals surface area contributed by atoms with Gasteiger partial charge in [0.05, 0.1) is 9.79 Å². The molecule has 1 fully saturated rings. The fraction of sp³-hybridized carbons (Fsp3) is 0.273. The molecule has 0 radical (unpaired) electrons. The van der Waals surface area contributed by atoms with Crippen LogP contribution in [0.5, 0.6) is 0 Å². The maximum absolute atomic E-state index is 13.3. The number of imide groups is 1. The molecule has 7 nitrogen and oxygen atoms in total. The van der Waals surface area contributed by atoms with Crippen LogP contribution in [-0.4, -0.2) is 38.3 Å². The standard InChI is InChI=1S/C22H21NO6S3/c1-16-7-11-19(12-8-16)32(28,29)22(20(24)23-21(25)30-22)15-5-3-4-6-17-9-13-18(14-10-17)31(2,26)27/h7-14H,3,5,15H2,1-2H3,(H,23,24,25). The zero-order valence-electron chi connectivity index (χ0n) is 17.4. The van der Waals surface area contributed by atoms with Gasteiger partial charge in [0.1, 0.15) is 0 Å². The molecule has 0 spiro atoms. The molecule has 2 amide bonds. The van der Waals surface area contributed by atoms with E-state index in [1.165, 1.54) is 24.3 Å². The van der Waals surface area contributed by atoms with Crippen LogP contribution in [0.2, 0.25) is 0 Å². The van der Waals surface area contributed by atoms with Crippen molar-refractivity contribution in [3.63, 3.8) is 0 Å². The predicted molar refractivity (Wildman–Crippen MR) is 123 cm³/mol. The molecule has 168 valence electrons. The topological polar surface area (TPSA) is 114 Å². The number of carbonyl (C=O) groups is 2. The molecule has 0 bridgehead atoms. The van der Waals surface area contributed by atoms with E-state index >= 15 is 0 Å². The van der Waals surface area contributed by atoms with Crippen LogP contribution in [0.3, 0.4) is 0 Å². The van der Waals surface area contributed by atoms with E-state index in [0.29, 0.717) is 23.7 Å². The third-order valence-electron chi connectivity index (χ3n) is 4.91. The van der Waals surface area contributed by atoms with E-state index in [1.54, 1.807) is 24.3 Å². The molecule has 1 aliphatic rings. The van der Waals surface area contributed by atoms with Crippen LogP contribution in [0.1, 0.15) is 30.4 Å². The van der Waals surface area contributed by atoms with Gasteiger partial charge in [0.2, 0.25) is 13.9 Å². The molecular weight excluding hydrogens is 470 g/mol. The minimum Gasteiger partial charge on any atom is -0.285 e. The van der Waals surface area contributed by atoms with Gasteiger partial charge in [-0.15, -0.1) is 0 Å². The Morgan fingerprint density at radius 1 is 0.938 bits per heavy atom. The summed E-state index contributed by atoms with van der Waals surface area (Å²) in [6.07, 6.45) is 1.61. The molecule has 3 rings (SSSR count). The highest BCUT2D eigenvalue weighted by Crippen LogP contribution is 2.44. The average Bonchev–Trinajstić information content (AvgIpc) is 3.02. The van der Waals surface area contributed by atoms with Crippen molar-refractivity contribution >= 4 is 42.6 Å². The van der Waals surface area contributed by atoms with Gasteiger partial charge in [0.15, 0.2) is 9.84 Å². The quantitative estimate of drug-likeness (QED) is 0.488. The summed E-state index contributed by atoms with van der Waals surface area (Å²) in [6.45, 7) is 1.82. The SMILES string of the molecule is Cc1ccc(S(=O)(=O)C2(CCCC#Cc3ccc(S(C)(=O)=O)cc3)SC(=O)NC2=O)cc1. The lowest BCUT2D eigenvalue weighted by Gasteiger charge is -2.24. The Balaban J connectivity index is 1.76. The number of sulfone groups is 2. The summed E-state index contributed by atoms with van der Waals surface area (Å²) in [5.41, 5.74) is 1.49. The Morgan fingerprint density at radius 3 is 2.06 bits per heavy atom. The maximum atomic E-state index is 13.3. The fourth-order valence-electron chi connectivity index (χ4n) is 3.15. The van der Waals surface area contributed by atoms with E-state index in [1.807, 2.05) is 6.92 Å². The second kappa shape index (κ2) is 9.10. The van der Waals surface area contributed by atoms with Gasteiger partial charge in [0.25, 0.3) is 11.1 Å². The lowest BCUT2D eigenvalue weighted by atomic mass is 10.1. The van der Waals surface area contributed by atoms with Crippen LogP contribution in [0.4, 0.5) is 4.79 Å². The van der Waals surface area contributed by atoms with Gasteiger partial charge in [-0.2, -0.15) is 0 Å². The number of carbonyl (C=O) groups excluding carboxylic acids is 2. The molecule has 2 aromatic carbocycles. The molecular formula is C22H21NO6S3. The van der Waals surface area contributed by atoms with Crippen molar-refractivity contribution in [2.45, 2.75) is 40.1 Å². The highest BCUT2D eigenvalue weighted by atomic mass is 32.3. The van der Waals surface area contributed by atoms with Gasteiger partial charge in [0, 0.05) is 18.2 Å². The van der Waals surface area contributed by atoms with Crippen LogP contribution in [-0.2, 0) is 24.5 Å². The third-order valence-corrected chi connectivity index (χ3v) is 10.1. The van der Waals surface area contributed by atoms with Crippen LogP contribution in [0.15, 0.2) is 58.3 Å². The van der Waals surface area contributed by atoms with Gasteiger partial charge < -0.3 is 0 Å². The first-order valence-electron chi connectivity index (χ1n) is 9.60. The van der Waals surface area contributed by atoms with Gasteiger partial charge in [-0.05, 0) is 67.9 Å². The number of thioether (sulfide) groups is 1. The highest BCUT2D eigenvalue weighted by molar-refractivity contribution is 8.25. The highest BCUT2D eigenvalue weighted by Gasteiger charge is 2.57. The van der Waals surface area contributed by atoms with Crippen molar-refractivity contribution in [3.8, 4) is 11.8 Å². The molecule has 10 heteroatoms. The van der Waals surface area contributed by atoms with E-state index in [2.05, 4.69) is 17.2 Å². The number of unbranched alkanes of at least 4 members (excludes halogenated alkanes) is 1. The Bertz CT molecular complexity index is 1320. The normalized spacial score (nSPS) is 18.7. The van der Waals surface area contributed by atoms with Gasteiger partial charge in [-0.3, -0.25) is 14.9 Å². The molecule has 1 unspecified atom stereocenters. The number of hydrogen-bond acceptors (Lipinski definition) is 7. The largest absolute Gasteiger partial charge is 0.287 e. The van der Waals surface area contributed by atoms with Crippen molar-refractivity contribution in [3.05, 3.63) is 59.7 Å². The summed E-state index contributed by atoms with van der Waals surface area (Å²) < 4.78 is 47.7. The Kier molecular flexibility index (Phi) is 6.83. The van der Waals surface area contributed by atoms with E-state index in [4.69, 9.17) is 0 Å². The van der Waals surface area contributed by atoms with Crippen molar-refractivity contribution in [2.24, 2.45) is 0 Å². The number of rotatable bonds is 6. The van der Waals surface area contributed by atoms with Gasteiger partial charge >= 0.3 is 0 Å². The Hall–Kier alpha value is -2.61. The lowest BCUT2D eigenvalue weighted by molar-refractivity contribution is -0.120. The molecule has 1 heterocycles. The molecule has 1 saturated heterocycles. The van der Waals surface area contributed by atoms with E-state index in [-0.39, 0.29) is 22.6 Å². The van der Waals surface area contributed by atoms with Crippen molar-refractivity contribution in [2.75, 3.05) is 6.26 Å². The first kappa shape index (κ1) is 24.0. The summed E-state index contributed by atoms with van der Waals surface area (Å²) in [4.78, 5) is 24.6. The average molecular weight is 492 g/mol. The second-order valence-corrected chi connectivity index (χ2v) is 13.1. The number of hydrogen-bond donors (Lipinski definition) is 1. The van der Waals surface area contributed by atoms with Crippen LogP contribution < -0.4 is 5.32 Å². The van der Waals surface area contributed by atoms with Crippen LogP contribution in [0.25, 0.3) is 0 Å². The van der Waals surface area contributed by atoms with Crippen molar-refractivity contribution in [1.82, 2.24) is 5.32 Å². The number of aryl methyl sites for hydroxylation is 1. The maximum Gasteiger partial charge on any atom is 0.287 e. The van der Waals surface area contributed by atoms with E-state index in [0.717, 1.165) is 11.8 Å². The number of nitrogens with one attached hydrogen (secondary N) is 1. The van der Waals surface area contributed by atoms with E-state index in [9.17, 15) is 26.4 Å². The molecule has 2 aromatic rings. The van der Waals surface area contributed by atoms with Crippen LogP contribution >= 0.6 is 11.8 Å². The molecule has 32 heavy (non-hydrogen) atoms. The lowest BCUT2D eigenvalue weighted by Crippen LogP contribution is -2.43. The monoisotopic (exact) mass is 491 g/mol. The first-order chi connectivity index (χ1) is 15.0. The zero-order valence-corrected chi connectivity index (χ0v) is 19.9. The molecule has 1 atom stereocenters. The summed E-state index contributed by atoms with van der Waals surface area (Å²) in [5.74, 6) is 4.96. The summed E-state index contributed by atoms with van der Waals surface area (Å²) in [7, 11) is -7.42. The Labute approximate surface area is 191 Å². The molecule has 1 aliphatic heterocycles. The summed E-state index contributed by atoms with van der Waals surface area (Å²) >= 11 is 0.493. The second-order valence-electron chi connectivity index (χ2n) is 7.36. The number of amides is 2. The van der Waals surface area contributed by atoms with Gasteiger partial charge in [-0.1, -0.05) is 29.5 Å².